The van der Waals surface area contributed by atoms with E-state index in [4.69, 9.17) is 4.74 Å². The number of hydrogen-bond acceptors (Lipinski definition) is 5. The van der Waals surface area contributed by atoms with Crippen molar-refractivity contribution in [3.8, 4) is 17.0 Å². The summed E-state index contributed by atoms with van der Waals surface area (Å²) in [6.07, 6.45) is 1.54. The highest BCUT2D eigenvalue weighted by Crippen LogP contribution is 2.30. The van der Waals surface area contributed by atoms with E-state index < -0.39 is 11.0 Å². The van der Waals surface area contributed by atoms with Crippen molar-refractivity contribution in [2.45, 2.75) is 12.4 Å². The van der Waals surface area contributed by atoms with Gasteiger partial charge in [0.05, 0.1) is 22.4 Å². The zero-order valence-corrected chi connectivity index (χ0v) is 19.5. The fourth-order valence-electron chi connectivity index (χ4n) is 3.27. The van der Waals surface area contributed by atoms with Crippen molar-refractivity contribution >= 4 is 22.5 Å². The Balaban J connectivity index is 1.52. The molecule has 0 bridgehead atoms. The van der Waals surface area contributed by atoms with Gasteiger partial charge in [-0.25, -0.2) is 18.5 Å². The first-order valence-corrected chi connectivity index (χ1v) is 11.9. The van der Waals surface area contributed by atoms with Gasteiger partial charge in [-0.1, -0.05) is 54.6 Å². The van der Waals surface area contributed by atoms with Crippen LogP contribution in [0, 0.1) is 0 Å². The Bertz CT molecular complexity index is 1230. The number of para-hydroxylation sites is 1. The van der Waals surface area contributed by atoms with Crippen LogP contribution in [0.3, 0.4) is 0 Å². The second-order valence-corrected chi connectivity index (χ2v) is 9.32. The van der Waals surface area contributed by atoms with Crippen molar-refractivity contribution in [3.05, 3.63) is 102 Å². The summed E-state index contributed by atoms with van der Waals surface area (Å²) in [5.41, 5.74) is 4.63. The lowest BCUT2D eigenvalue weighted by atomic mass is 10.1. The van der Waals surface area contributed by atoms with Gasteiger partial charge in [-0.3, -0.25) is 0 Å². The van der Waals surface area contributed by atoms with Crippen molar-refractivity contribution in [2.24, 2.45) is 0 Å². The molecular formula is C26H26N4O2S. The summed E-state index contributed by atoms with van der Waals surface area (Å²) in [6, 6.07) is 27.7. The summed E-state index contributed by atoms with van der Waals surface area (Å²) in [5, 5.41) is 3.33. The van der Waals surface area contributed by atoms with Gasteiger partial charge >= 0.3 is 0 Å². The lowest BCUT2D eigenvalue weighted by molar-refractivity contribution is 0.307. The van der Waals surface area contributed by atoms with Gasteiger partial charge in [0.15, 0.2) is 0 Å². The van der Waals surface area contributed by atoms with Crippen LogP contribution >= 0.6 is 0 Å². The van der Waals surface area contributed by atoms with E-state index in [-0.39, 0.29) is 0 Å². The minimum atomic E-state index is -1.06. The molecule has 6 nitrogen and oxygen atoms in total. The van der Waals surface area contributed by atoms with Gasteiger partial charge in [0.2, 0.25) is 0 Å². The Morgan fingerprint density at radius 1 is 0.879 bits per heavy atom. The molecule has 1 heterocycles. The average Bonchev–Trinajstić information content (AvgIpc) is 2.84. The second kappa shape index (κ2) is 10.8. The van der Waals surface area contributed by atoms with Crippen molar-refractivity contribution < 1.29 is 8.95 Å². The first-order valence-electron chi connectivity index (χ1n) is 10.6. The zero-order chi connectivity index (χ0) is 23.0. The number of nitrogens with one attached hydrogen (secondary N) is 1. The van der Waals surface area contributed by atoms with Crippen LogP contribution in [0.2, 0.25) is 0 Å². The smallest absolute Gasteiger partial charge is 0.134 e. The largest absolute Gasteiger partial charge is 0.488 e. The molecule has 1 N–H and O–H groups in total. The summed E-state index contributed by atoms with van der Waals surface area (Å²) >= 11 is 0. The summed E-state index contributed by atoms with van der Waals surface area (Å²) in [4.78, 5) is 8.84. The Kier molecular flexibility index (Phi) is 7.44. The molecule has 0 radical (unpaired) electrons. The maximum atomic E-state index is 12.1. The number of rotatable bonds is 9. The fourth-order valence-corrected chi connectivity index (χ4v) is 3.99. The quantitative estimate of drug-likeness (QED) is 0.374. The third-order valence-electron chi connectivity index (χ3n) is 4.96. The lowest BCUT2D eigenvalue weighted by Crippen LogP contribution is -2.16. The predicted octanol–water partition coefficient (Wildman–Crippen LogP) is 5.19. The number of hydrogen-bond donors (Lipinski definition) is 1. The van der Waals surface area contributed by atoms with Crippen LogP contribution in [0.15, 0.2) is 91.3 Å². The van der Waals surface area contributed by atoms with Crippen LogP contribution in [-0.2, 0) is 23.3 Å². The summed E-state index contributed by atoms with van der Waals surface area (Å²) < 4.78 is 19.9. The molecule has 7 heteroatoms. The van der Waals surface area contributed by atoms with Gasteiger partial charge in [0, 0.05) is 17.3 Å². The van der Waals surface area contributed by atoms with Gasteiger partial charge in [-0.15, -0.1) is 0 Å². The summed E-state index contributed by atoms with van der Waals surface area (Å²) in [6.45, 7) is 0.481. The van der Waals surface area contributed by atoms with E-state index in [1.807, 2.05) is 99.0 Å². The SMILES string of the molecule is CN(C)S(=O)Cc1cccc(Nc2cc(-c3ccccc3OCc3ccccc3)ncn2)c1. The first-order chi connectivity index (χ1) is 16.1. The van der Waals surface area contributed by atoms with Gasteiger partial charge in [0.25, 0.3) is 0 Å². The second-order valence-electron chi connectivity index (χ2n) is 7.66. The highest BCUT2D eigenvalue weighted by molar-refractivity contribution is 7.81. The number of aromatic nitrogens is 2. The lowest BCUT2D eigenvalue weighted by Gasteiger charge is -2.13. The summed E-state index contributed by atoms with van der Waals surface area (Å²) in [7, 11) is 2.56. The normalized spacial score (nSPS) is 11.8. The van der Waals surface area contributed by atoms with E-state index >= 15 is 0 Å². The molecule has 3 aromatic carbocycles. The number of benzene rings is 3. The van der Waals surface area contributed by atoms with Gasteiger partial charge in [0.1, 0.15) is 24.5 Å². The summed E-state index contributed by atoms with van der Waals surface area (Å²) in [5.74, 6) is 1.90. The number of anilines is 2. The van der Waals surface area contributed by atoms with E-state index in [0.717, 1.165) is 33.8 Å². The minimum absolute atomic E-state index is 0.462. The molecule has 168 valence electrons. The Morgan fingerprint density at radius 2 is 1.64 bits per heavy atom. The van der Waals surface area contributed by atoms with E-state index in [2.05, 4.69) is 15.3 Å². The van der Waals surface area contributed by atoms with Crippen molar-refractivity contribution in [1.29, 1.82) is 0 Å². The van der Waals surface area contributed by atoms with Crippen molar-refractivity contribution in [1.82, 2.24) is 14.3 Å². The van der Waals surface area contributed by atoms with Crippen LogP contribution in [-0.4, -0.2) is 32.6 Å². The third-order valence-corrected chi connectivity index (χ3v) is 6.36. The van der Waals surface area contributed by atoms with E-state index in [0.29, 0.717) is 18.2 Å². The van der Waals surface area contributed by atoms with Crippen LogP contribution in [0.5, 0.6) is 5.75 Å². The maximum Gasteiger partial charge on any atom is 0.134 e. The Labute approximate surface area is 196 Å². The molecule has 0 saturated carbocycles. The third kappa shape index (κ3) is 6.25. The Hall–Kier alpha value is -3.55. The van der Waals surface area contributed by atoms with Crippen molar-refractivity contribution in [3.63, 3.8) is 0 Å². The minimum Gasteiger partial charge on any atom is -0.488 e. The van der Waals surface area contributed by atoms with Crippen LogP contribution < -0.4 is 10.1 Å². The molecule has 1 atom stereocenters. The highest BCUT2D eigenvalue weighted by Gasteiger charge is 2.10. The molecule has 4 rings (SSSR count). The monoisotopic (exact) mass is 458 g/mol. The molecule has 0 aliphatic rings. The number of nitrogens with zero attached hydrogens (tertiary/aromatic N) is 3. The molecular weight excluding hydrogens is 432 g/mol. The van der Waals surface area contributed by atoms with Crippen LogP contribution in [0.4, 0.5) is 11.5 Å². The number of ether oxygens (including phenoxy) is 1. The molecule has 0 fully saturated rings. The molecule has 4 aromatic rings. The molecule has 0 saturated heterocycles. The Morgan fingerprint density at radius 3 is 2.45 bits per heavy atom. The molecule has 0 aliphatic heterocycles. The molecule has 1 aromatic heterocycles. The van der Waals surface area contributed by atoms with E-state index in [9.17, 15) is 4.21 Å². The van der Waals surface area contributed by atoms with Gasteiger partial charge in [-0.2, -0.15) is 0 Å². The highest BCUT2D eigenvalue weighted by atomic mass is 32.2. The van der Waals surface area contributed by atoms with Crippen LogP contribution in [0.1, 0.15) is 11.1 Å². The first kappa shape index (κ1) is 22.6. The molecule has 33 heavy (non-hydrogen) atoms. The molecule has 0 aliphatic carbocycles. The van der Waals surface area contributed by atoms with E-state index in [1.54, 1.807) is 4.31 Å². The molecule has 0 amide bonds. The maximum absolute atomic E-state index is 12.1. The molecule has 0 spiro atoms. The topological polar surface area (TPSA) is 67.4 Å². The molecule has 1 unspecified atom stereocenters. The average molecular weight is 459 g/mol. The standard InChI is InChI=1S/C26H26N4O2S/c1-30(2)33(31)18-21-11-8-12-22(15-21)29-26-16-24(27-19-28-26)23-13-6-7-14-25(23)32-17-20-9-4-3-5-10-20/h3-16,19H,17-18H2,1-2H3,(H,27,28,29). The van der Waals surface area contributed by atoms with Gasteiger partial charge in [-0.05, 0) is 49.5 Å². The van der Waals surface area contributed by atoms with Crippen molar-refractivity contribution in [2.75, 3.05) is 19.4 Å². The van der Waals surface area contributed by atoms with Gasteiger partial charge < -0.3 is 10.1 Å². The zero-order valence-electron chi connectivity index (χ0n) is 18.6. The van der Waals surface area contributed by atoms with Crippen LogP contribution in [0.25, 0.3) is 11.3 Å². The fraction of sp³-hybridized carbons (Fsp3) is 0.154. The van der Waals surface area contributed by atoms with E-state index in [1.165, 1.54) is 6.33 Å². The predicted molar refractivity (Wildman–Crippen MR) is 134 cm³/mol.